The third-order valence-corrected chi connectivity index (χ3v) is 6.58. The van der Waals surface area contributed by atoms with Crippen molar-refractivity contribution >= 4 is 5.91 Å². The molecule has 3 rings (SSSR count). The molecule has 1 amide bonds. The number of hydrogen-bond donors (Lipinski definition) is 2. The average Bonchev–Trinajstić information content (AvgIpc) is 3.12. The van der Waals surface area contributed by atoms with Gasteiger partial charge in [0.05, 0.1) is 5.92 Å². The Morgan fingerprint density at radius 2 is 1.87 bits per heavy atom. The number of likely N-dealkylation sites (tertiary alicyclic amines) is 1. The van der Waals surface area contributed by atoms with Crippen molar-refractivity contribution < 1.29 is 4.79 Å². The quantitative estimate of drug-likeness (QED) is 0.789. The molecule has 4 atom stereocenters. The van der Waals surface area contributed by atoms with Crippen molar-refractivity contribution in [3.63, 3.8) is 0 Å². The second kappa shape index (κ2) is 7.52. The minimum Gasteiger partial charge on any atom is -0.356 e. The van der Waals surface area contributed by atoms with E-state index in [1.54, 1.807) is 0 Å². The molecule has 1 heterocycles. The molecule has 0 spiro atoms. The summed E-state index contributed by atoms with van der Waals surface area (Å²) in [5, 5.41) is 3.24. The van der Waals surface area contributed by atoms with Gasteiger partial charge in [-0.2, -0.15) is 0 Å². The van der Waals surface area contributed by atoms with Gasteiger partial charge in [-0.1, -0.05) is 13.8 Å². The predicted molar refractivity (Wildman–Crippen MR) is 93.9 cm³/mol. The first kappa shape index (κ1) is 17.2. The van der Waals surface area contributed by atoms with E-state index in [2.05, 4.69) is 24.1 Å². The van der Waals surface area contributed by atoms with Gasteiger partial charge in [-0.15, -0.1) is 0 Å². The SMILES string of the molecule is CC(C)CCN1CCC(CNC(=O)C2C3CCC(C3)C2N)CC1. The van der Waals surface area contributed by atoms with Crippen molar-refractivity contribution in [3.05, 3.63) is 0 Å². The fourth-order valence-corrected chi connectivity index (χ4v) is 4.94. The lowest BCUT2D eigenvalue weighted by molar-refractivity contribution is -0.127. The van der Waals surface area contributed by atoms with Crippen molar-refractivity contribution in [2.24, 2.45) is 35.3 Å². The summed E-state index contributed by atoms with van der Waals surface area (Å²) in [6.45, 7) is 9.07. The molecule has 0 aromatic heterocycles. The lowest BCUT2D eigenvalue weighted by Gasteiger charge is -2.33. The molecular formula is C19H35N3O. The Balaban J connectivity index is 1.36. The van der Waals surface area contributed by atoms with Crippen LogP contribution in [0.1, 0.15) is 52.4 Å². The van der Waals surface area contributed by atoms with Gasteiger partial charge in [-0.3, -0.25) is 4.79 Å². The number of carbonyl (C=O) groups excluding carboxylic acids is 1. The Labute approximate surface area is 141 Å². The lowest BCUT2D eigenvalue weighted by atomic mass is 9.84. The number of nitrogens with one attached hydrogen (secondary N) is 1. The largest absolute Gasteiger partial charge is 0.356 e. The second-order valence-corrected chi connectivity index (χ2v) is 8.65. The van der Waals surface area contributed by atoms with Crippen molar-refractivity contribution in [1.82, 2.24) is 10.2 Å². The number of nitrogens with zero attached hydrogens (tertiary/aromatic N) is 1. The van der Waals surface area contributed by atoms with Crippen LogP contribution in [0.4, 0.5) is 0 Å². The molecule has 23 heavy (non-hydrogen) atoms. The maximum atomic E-state index is 12.5. The Morgan fingerprint density at radius 1 is 1.17 bits per heavy atom. The van der Waals surface area contributed by atoms with E-state index in [1.807, 2.05) is 0 Å². The highest BCUT2D eigenvalue weighted by Crippen LogP contribution is 2.47. The lowest BCUT2D eigenvalue weighted by Crippen LogP contribution is -2.47. The van der Waals surface area contributed by atoms with Crippen LogP contribution in [-0.4, -0.2) is 43.0 Å². The monoisotopic (exact) mass is 321 g/mol. The zero-order chi connectivity index (χ0) is 16.4. The van der Waals surface area contributed by atoms with E-state index >= 15 is 0 Å². The number of fused-ring (bicyclic) bond motifs is 2. The first-order chi connectivity index (χ1) is 11.0. The topological polar surface area (TPSA) is 58.4 Å². The third kappa shape index (κ3) is 4.08. The van der Waals surface area contributed by atoms with Crippen LogP contribution in [-0.2, 0) is 4.79 Å². The second-order valence-electron chi connectivity index (χ2n) is 8.65. The highest BCUT2D eigenvalue weighted by atomic mass is 16.1. The molecule has 2 bridgehead atoms. The van der Waals surface area contributed by atoms with E-state index in [0.717, 1.165) is 12.5 Å². The van der Waals surface area contributed by atoms with Gasteiger partial charge in [0.25, 0.3) is 0 Å². The number of hydrogen-bond acceptors (Lipinski definition) is 3. The Hall–Kier alpha value is -0.610. The Kier molecular flexibility index (Phi) is 5.63. The molecule has 0 aromatic rings. The first-order valence-corrected chi connectivity index (χ1v) is 9.80. The fraction of sp³-hybridized carbons (Fsp3) is 0.947. The van der Waals surface area contributed by atoms with Crippen molar-refractivity contribution in [2.75, 3.05) is 26.2 Å². The Bertz CT molecular complexity index is 401. The zero-order valence-electron chi connectivity index (χ0n) is 15.0. The first-order valence-electron chi connectivity index (χ1n) is 9.80. The summed E-state index contributed by atoms with van der Waals surface area (Å²) in [5.74, 6) is 2.96. The van der Waals surface area contributed by atoms with Crippen LogP contribution in [0, 0.1) is 29.6 Å². The number of carbonyl (C=O) groups is 1. The van der Waals surface area contributed by atoms with Crippen molar-refractivity contribution in [1.29, 1.82) is 0 Å². The van der Waals surface area contributed by atoms with Crippen LogP contribution in [0.25, 0.3) is 0 Å². The average molecular weight is 322 g/mol. The standard InChI is InChI=1S/C19H35N3O/c1-13(2)5-8-22-9-6-14(7-10-22)12-21-19(23)17-15-3-4-16(11-15)18(17)20/h13-18H,3-12,20H2,1-2H3,(H,21,23). The van der Waals surface area contributed by atoms with E-state index in [-0.39, 0.29) is 17.9 Å². The van der Waals surface area contributed by atoms with Crippen LogP contribution >= 0.6 is 0 Å². The van der Waals surface area contributed by atoms with Crippen LogP contribution in [0.3, 0.4) is 0 Å². The number of rotatable bonds is 6. The van der Waals surface area contributed by atoms with E-state index in [4.69, 9.17) is 5.73 Å². The molecule has 4 heteroatoms. The van der Waals surface area contributed by atoms with Crippen LogP contribution in [0.2, 0.25) is 0 Å². The van der Waals surface area contributed by atoms with Crippen molar-refractivity contribution in [2.45, 2.75) is 58.4 Å². The number of nitrogens with two attached hydrogens (primary N) is 1. The molecule has 3 fully saturated rings. The minimum atomic E-state index is 0.0971. The summed E-state index contributed by atoms with van der Waals surface area (Å²) < 4.78 is 0. The molecule has 4 unspecified atom stereocenters. The van der Waals surface area contributed by atoms with Gasteiger partial charge < -0.3 is 16.0 Å². The summed E-state index contributed by atoms with van der Waals surface area (Å²) in [6, 6.07) is 0.117. The molecule has 0 aromatic carbocycles. The molecule has 1 saturated heterocycles. The van der Waals surface area contributed by atoms with Gasteiger partial charge in [0.15, 0.2) is 0 Å². The summed E-state index contributed by atoms with van der Waals surface area (Å²) in [7, 11) is 0. The van der Waals surface area contributed by atoms with Crippen LogP contribution < -0.4 is 11.1 Å². The summed E-state index contributed by atoms with van der Waals surface area (Å²) in [6.07, 6.45) is 7.38. The van der Waals surface area contributed by atoms with Crippen LogP contribution in [0.15, 0.2) is 0 Å². The van der Waals surface area contributed by atoms with Gasteiger partial charge >= 0.3 is 0 Å². The Morgan fingerprint density at radius 3 is 2.48 bits per heavy atom. The minimum absolute atomic E-state index is 0.0971. The van der Waals surface area contributed by atoms with Crippen LogP contribution in [0.5, 0.6) is 0 Å². The highest BCUT2D eigenvalue weighted by molar-refractivity contribution is 5.80. The highest BCUT2D eigenvalue weighted by Gasteiger charge is 2.49. The molecule has 3 N–H and O–H groups in total. The molecule has 2 saturated carbocycles. The maximum absolute atomic E-state index is 12.5. The van der Waals surface area contributed by atoms with E-state index in [1.165, 1.54) is 58.2 Å². The molecule has 132 valence electrons. The molecule has 3 aliphatic rings. The number of piperidine rings is 1. The summed E-state index contributed by atoms with van der Waals surface area (Å²) in [4.78, 5) is 15.1. The predicted octanol–water partition coefficient (Wildman–Crippen LogP) is 2.23. The van der Waals surface area contributed by atoms with Gasteiger partial charge in [0.2, 0.25) is 5.91 Å². The smallest absolute Gasteiger partial charge is 0.224 e. The summed E-state index contributed by atoms with van der Waals surface area (Å²) in [5.41, 5.74) is 6.28. The van der Waals surface area contributed by atoms with Gasteiger partial charge in [-0.25, -0.2) is 0 Å². The van der Waals surface area contributed by atoms with E-state index < -0.39 is 0 Å². The third-order valence-electron chi connectivity index (χ3n) is 6.58. The maximum Gasteiger partial charge on any atom is 0.224 e. The van der Waals surface area contributed by atoms with E-state index in [9.17, 15) is 4.79 Å². The summed E-state index contributed by atoms with van der Waals surface area (Å²) >= 11 is 0. The van der Waals surface area contributed by atoms with Crippen molar-refractivity contribution in [3.8, 4) is 0 Å². The molecule has 4 nitrogen and oxygen atoms in total. The zero-order valence-corrected chi connectivity index (χ0v) is 15.0. The fourth-order valence-electron chi connectivity index (χ4n) is 4.94. The molecule has 2 aliphatic carbocycles. The van der Waals surface area contributed by atoms with E-state index in [0.29, 0.717) is 17.8 Å². The van der Waals surface area contributed by atoms with Gasteiger partial charge in [0, 0.05) is 12.6 Å². The number of amides is 1. The molecular weight excluding hydrogens is 286 g/mol. The van der Waals surface area contributed by atoms with Gasteiger partial charge in [-0.05, 0) is 81.8 Å². The van der Waals surface area contributed by atoms with Gasteiger partial charge in [0.1, 0.15) is 0 Å². The molecule has 1 aliphatic heterocycles. The normalized spacial score (nSPS) is 35.1. The molecule has 0 radical (unpaired) electrons.